The molecule has 0 aliphatic carbocycles. The van der Waals surface area contributed by atoms with E-state index < -0.39 is 0 Å². The smallest absolute Gasteiger partial charge is 0.123 e. The van der Waals surface area contributed by atoms with Crippen molar-refractivity contribution in [3.05, 3.63) is 29.8 Å². The predicted octanol–water partition coefficient (Wildman–Crippen LogP) is 7.44. The molecule has 0 saturated carbocycles. The second kappa shape index (κ2) is 13.0. The number of hydrogen-bond donors (Lipinski definition) is 0. The number of rotatable bonds is 13. The predicted molar refractivity (Wildman–Crippen MR) is 101 cm³/mol. The molecule has 0 heterocycles. The van der Waals surface area contributed by atoms with E-state index in [-0.39, 0.29) is 0 Å². The Balaban J connectivity index is 2.30. The lowest BCUT2D eigenvalue weighted by Crippen LogP contribution is -2.01. The minimum Gasteiger partial charge on any atom is -0.493 e. The van der Waals surface area contributed by atoms with Crippen LogP contribution >= 0.6 is 15.9 Å². The highest BCUT2D eigenvalue weighted by Gasteiger charge is 2.12. The molecule has 0 aliphatic heterocycles. The van der Waals surface area contributed by atoms with Crippen LogP contribution in [0.5, 0.6) is 5.75 Å². The summed E-state index contributed by atoms with van der Waals surface area (Å²) in [7, 11) is 0. The Bertz CT molecular complexity index is 378. The van der Waals surface area contributed by atoms with E-state index in [2.05, 4.69) is 54.0 Å². The van der Waals surface area contributed by atoms with Gasteiger partial charge in [-0.3, -0.25) is 0 Å². The molecule has 0 amide bonds. The van der Waals surface area contributed by atoms with Gasteiger partial charge < -0.3 is 4.74 Å². The highest BCUT2D eigenvalue weighted by Crippen LogP contribution is 2.35. The Morgan fingerprint density at radius 1 is 0.864 bits per heavy atom. The zero-order valence-corrected chi connectivity index (χ0v) is 16.0. The highest BCUT2D eigenvalue weighted by molar-refractivity contribution is 9.09. The average molecular weight is 369 g/mol. The Kier molecular flexibility index (Phi) is 11.5. The number of ether oxygens (including phenoxy) is 1. The highest BCUT2D eigenvalue weighted by atomic mass is 79.9. The van der Waals surface area contributed by atoms with Crippen molar-refractivity contribution in [1.29, 1.82) is 0 Å². The summed E-state index contributed by atoms with van der Waals surface area (Å²) in [4.78, 5) is 0.418. The fourth-order valence-corrected chi connectivity index (χ4v) is 3.34. The quantitative estimate of drug-likeness (QED) is 0.259. The zero-order chi connectivity index (χ0) is 16.0. The minimum atomic E-state index is 0.418. The van der Waals surface area contributed by atoms with Gasteiger partial charge >= 0.3 is 0 Å². The summed E-state index contributed by atoms with van der Waals surface area (Å²) in [6, 6.07) is 8.48. The normalized spacial score (nSPS) is 12.3. The van der Waals surface area contributed by atoms with Gasteiger partial charge in [0, 0.05) is 10.4 Å². The summed E-state index contributed by atoms with van der Waals surface area (Å²) in [6.45, 7) is 5.29. The van der Waals surface area contributed by atoms with Crippen molar-refractivity contribution < 1.29 is 4.74 Å². The van der Waals surface area contributed by atoms with E-state index in [1.165, 1.54) is 63.4 Å². The van der Waals surface area contributed by atoms with E-state index in [9.17, 15) is 0 Å². The topological polar surface area (TPSA) is 9.23 Å². The molecule has 1 aromatic carbocycles. The first-order chi connectivity index (χ1) is 10.8. The summed E-state index contributed by atoms with van der Waals surface area (Å²) in [6.07, 6.45) is 13.1. The van der Waals surface area contributed by atoms with E-state index in [4.69, 9.17) is 4.74 Å². The maximum absolute atomic E-state index is 5.94. The van der Waals surface area contributed by atoms with E-state index in [0.29, 0.717) is 4.83 Å². The third-order valence-corrected chi connectivity index (χ3v) is 5.02. The van der Waals surface area contributed by atoms with Crippen molar-refractivity contribution in [2.75, 3.05) is 6.61 Å². The fourth-order valence-electron chi connectivity index (χ4n) is 2.63. The second-order valence-electron chi connectivity index (χ2n) is 6.12. The molecule has 0 bridgehead atoms. The second-order valence-corrected chi connectivity index (χ2v) is 7.22. The summed E-state index contributed by atoms with van der Waals surface area (Å²) in [5.74, 6) is 1.06. The molecule has 0 fully saturated rings. The SMILES string of the molecule is CCCCCCCCCC(Br)c1ccccc1OCCCC. The molecule has 0 N–H and O–H groups in total. The van der Waals surface area contributed by atoms with Crippen LogP contribution < -0.4 is 4.74 Å². The van der Waals surface area contributed by atoms with Crippen molar-refractivity contribution in [3.8, 4) is 5.75 Å². The molecule has 0 aliphatic rings. The third kappa shape index (κ3) is 8.22. The molecular weight excluding hydrogens is 336 g/mol. The first kappa shape index (κ1) is 19.5. The van der Waals surface area contributed by atoms with Crippen LogP contribution in [-0.4, -0.2) is 6.61 Å². The number of halogens is 1. The van der Waals surface area contributed by atoms with Crippen LogP contribution in [0.1, 0.15) is 88.4 Å². The van der Waals surface area contributed by atoms with Crippen LogP contribution in [0.4, 0.5) is 0 Å². The van der Waals surface area contributed by atoms with E-state index in [0.717, 1.165) is 18.8 Å². The molecule has 0 aromatic heterocycles. The molecule has 126 valence electrons. The molecule has 0 spiro atoms. The maximum atomic E-state index is 5.94. The van der Waals surface area contributed by atoms with Gasteiger partial charge in [-0.2, -0.15) is 0 Å². The van der Waals surface area contributed by atoms with Crippen molar-refractivity contribution in [2.45, 2.75) is 82.9 Å². The van der Waals surface area contributed by atoms with Crippen LogP contribution in [0.3, 0.4) is 0 Å². The Morgan fingerprint density at radius 2 is 1.50 bits per heavy atom. The van der Waals surface area contributed by atoms with Crippen molar-refractivity contribution >= 4 is 15.9 Å². The summed E-state index contributed by atoms with van der Waals surface area (Å²) >= 11 is 3.86. The number of hydrogen-bond acceptors (Lipinski definition) is 1. The molecule has 2 heteroatoms. The molecule has 1 rings (SSSR count). The molecular formula is C20H33BrO. The number of unbranched alkanes of at least 4 members (excludes halogenated alkanes) is 7. The monoisotopic (exact) mass is 368 g/mol. The lowest BCUT2D eigenvalue weighted by atomic mass is 10.0. The van der Waals surface area contributed by atoms with Gasteiger partial charge in [-0.15, -0.1) is 0 Å². The zero-order valence-electron chi connectivity index (χ0n) is 14.5. The van der Waals surface area contributed by atoms with Crippen molar-refractivity contribution in [1.82, 2.24) is 0 Å². The van der Waals surface area contributed by atoms with Gasteiger partial charge in [0.2, 0.25) is 0 Å². The maximum Gasteiger partial charge on any atom is 0.123 e. The Hall–Kier alpha value is -0.500. The van der Waals surface area contributed by atoms with E-state index in [1.807, 2.05) is 0 Å². The van der Waals surface area contributed by atoms with Crippen molar-refractivity contribution in [3.63, 3.8) is 0 Å². The standard InChI is InChI=1S/C20H33BrO/c1-3-5-7-8-9-10-11-15-19(21)18-14-12-13-16-20(18)22-17-6-4-2/h12-14,16,19H,3-11,15,17H2,1-2H3. The summed E-state index contributed by atoms with van der Waals surface area (Å²) < 4.78 is 5.94. The van der Waals surface area contributed by atoms with Crippen molar-refractivity contribution in [2.24, 2.45) is 0 Å². The van der Waals surface area contributed by atoms with Gasteiger partial charge in [0.25, 0.3) is 0 Å². The number of benzene rings is 1. The van der Waals surface area contributed by atoms with Crippen LogP contribution in [0, 0.1) is 0 Å². The molecule has 0 saturated heterocycles. The van der Waals surface area contributed by atoms with Crippen LogP contribution in [0.25, 0.3) is 0 Å². The molecule has 1 aromatic rings. The Morgan fingerprint density at radius 3 is 2.23 bits per heavy atom. The Labute approximate surface area is 146 Å². The molecule has 1 atom stereocenters. The summed E-state index contributed by atoms with van der Waals surface area (Å²) in [5, 5.41) is 0. The fraction of sp³-hybridized carbons (Fsp3) is 0.700. The average Bonchev–Trinajstić information content (AvgIpc) is 2.54. The largest absolute Gasteiger partial charge is 0.493 e. The first-order valence-electron chi connectivity index (χ1n) is 9.15. The van der Waals surface area contributed by atoms with E-state index in [1.54, 1.807) is 0 Å². The molecule has 0 radical (unpaired) electrons. The number of para-hydroxylation sites is 1. The van der Waals surface area contributed by atoms with Crippen LogP contribution in [0.2, 0.25) is 0 Å². The van der Waals surface area contributed by atoms with Crippen LogP contribution in [0.15, 0.2) is 24.3 Å². The van der Waals surface area contributed by atoms with Gasteiger partial charge in [0.05, 0.1) is 6.61 Å². The minimum absolute atomic E-state index is 0.418. The molecule has 22 heavy (non-hydrogen) atoms. The van der Waals surface area contributed by atoms with Gasteiger partial charge in [-0.25, -0.2) is 0 Å². The summed E-state index contributed by atoms with van der Waals surface area (Å²) in [5.41, 5.74) is 1.31. The first-order valence-corrected chi connectivity index (χ1v) is 10.1. The lowest BCUT2D eigenvalue weighted by Gasteiger charge is -2.15. The molecule has 1 unspecified atom stereocenters. The van der Waals surface area contributed by atoms with Gasteiger partial charge in [-0.05, 0) is 18.9 Å². The lowest BCUT2D eigenvalue weighted by molar-refractivity contribution is 0.306. The van der Waals surface area contributed by atoms with Gasteiger partial charge in [-0.1, -0.05) is 99.3 Å². The van der Waals surface area contributed by atoms with Crippen LogP contribution in [-0.2, 0) is 0 Å². The molecule has 1 nitrogen and oxygen atoms in total. The van der Waals surface area contributed by atoms with Gasteiger partial charge in [0.1, 0.15) is 5.75 Å². The third-order valence-electron chi connectivity index (χ3n) is 4.07. The van der Waals surface area contributed by atoms with Gasteiger partial charge in [0.15, 0.2) is 0 Å². The van der Waals surface area contributed by atoms with E-state index >= 15 is 0 Å². The number of alkyl halides is 1.